The van der Waals surface area contributed by atoms with Gasteiger partial charge in [0.15, 0.2) is 0 Å². The van der Waals surface area contributed by atoms with E-state index in [4.69, 9.17) is 21.1 Å². The van der Waals surface area contributed by atoms with E-state index < -0.39 is 31.4 Å². The van der Waals surface area contributed by atoms with E-state index in [1.165, 1.54) is 24.8 Å². The van der Waals surface area contributed by atoms with Crippen LogP contribution in [0.25, 0.3) is 11.0 Å². The largest absolute Gasteiger partial charge is 0.455 e. The average molecular weight is 846 g/mol. The second-order valence-corrected chi connectivity index (χ2v) is 19.5. The van der Waals surface area contributed by atoms with Gasteiger partial charge in [-0.2, -0.15) is 0 Å². The van der Waals surface area contributed by atoms with E-state index in [1.54, 1.807) is 41.6 Å². The Morgan fingerprint density at radius 1 is 1.08 bits per heavy atom. The van der Waals surface area contributed by atoms with Crippen LogP contribution in [0, 0.1) is 27.4 Å². The van der Waals surface area contributed by atoms with Crippen LogP contribution in [0.1, 0.15) is 69.2 Å². The number of pyridine rings is 1. The molecule has 4 aliphatic rings. The second kappa shape index (κ2) is 17.1. The molecule has 314 valence electrons. The summed E-state index contributed by atoms with van der Waals surface area (Å²) in [5, 5.41) is 16.3. The van der Waals surface area contributed by atoms with Crippen molar-refractivity contribution >= 4 is 55.6 Å². The number of carbonyl (C=O) groups is 1. The summed E-state index contributed by atoms with van der Waals surface area (Å²) in [6.07, 6.45) is 10.6. The highest BCUT2D eigenvalue weighted by Gasteiger charge is 2.37. The Balaban J connectivity index is 0.994. The molecule has 1 amide bonds. The fourth-order valence-electron chi connectivity index (χ4n) is 8.76. The van der Waals surface area contributed by atoms with Gasteiger partial charge in [-0.25, -0.2) is 18.1 Å². The number of ether oxygens (including phenoxy) is 2. The number of H-pyrrole nitrogens is 1. The lowest BCUT2D eigenvalue weighted by Crippen LogP contribution is -2.47. The normalized spacial score (nSPS) is 21.6. The van der Waals surface area contributed by atoms with Crippen LogP contribution < -0.4 is 19.7 Å². The Hall–Kier alpha value is -4.70. The van der Waals surface area contributed by atoms with Crippen LogP contribution in [0.4, 0.5) is 17.1 Å². The maximum atomic E-state index is 13.9. The molecule has 0 atom stereocenters. The summed E-state index contributed by atoms with van der Waals surface area (Å²) in [6, 6.07) is 12.3. The smallest absolute Gasteiger partial charge is 0.293 e. The Kier molecular flexibility index (Phi) is 11.9. The number of sulfonamides is 1. The van der Waals surface area contributed by atoms with Crippen molar-refractivity contribution in [2.24, 2.45) is 17.3 Å². The molecule has 0 radical (unpaired) electrons. The lowest BCUT2D eigenvalue weighted by Gasteiger charge is -2.43. The van der Waals surface area contributed by atoms with Gasteiger partial charge in [-0.05, 0) is 98.6 Å². The van der Waals surface area contributed by atoms with Gasteiger partial charge in [0, 0.05) is 87.3 Å². The molecule has 59 heavy (non-hydrogen) atoms. The number of carbonyl (C=O) groups excluding carboxylic acids is 1. The summed E-state index contributed by atoms with van der Waals surface area (Å²) < 4.78 is 41.1. The molecular weight excluding hydrogens is 794 g/mol. The summed E-state index contributed by atoms with van der Waals surface area (Å²) in [5.74, 6) is 0.455. The number of alkyl halides is 1. The molecule has 0 bridgehead atoms. The minimum Gasteiger partial charge on any atom is -0.455 e. The fourth-order valence-corrected chi connectivity index (χ4v) is 10.2. The van der Waals surface area contributed by atoms with Gasteiger partial charge in [0.1, 0.15) is 22.8 Å². The van der Waals surface area contributed by atoms with E-state index in [0.717, 1.165) is 88.4 Å². The molecule has 2 aliphatic heterocycles. The molecule has 2 aromatic carbocycles. The number of nitro groups is 1. The number of fused-ring (bicyclic) bond motifs is 1. The maximum absolute atomic E-state index is 13.9. The molecule has 8 rings (SSSR count). The van der Waals surface area contributed by atoms with Gasteiger partial charge in [0.25, 0.3) is 21.6 Å². The number of allylic oxidation sites excluding steroid dienone is 1. The zero-order valence-electron chi connectivity index (χ0n) is 33.5. The zero-order chi connectivity index (χ0) is 41.3. The summed E-state index contributed by atoms with van der Waals surface area (Å²) in [5.41, 5.74) is 4.82. The second-order valence-electron chi connectivity index (χ2n) is 17.2. The first kappa shape index (κ1) is 41.1. The van der Waals surface area contributed by atoms with Crippen LogP contribution in [0.5, 0.6) is 11.5 Å². The molecule has 14 nitrogen and oxygen atoms in total. The van der Waals surface area contributed by atoms with Crippen molar-refractivity contribution in [2.75, 3.05) is 62.7 Å². The van der Waals surface area contributed by atoms with Gasteiger partial charge >= 0.3 is 0 Å². The number of hydrogen-bond acceptors (Lipinski definition) is 11. The highest BCUT2D eigenvalue weighted by molar-refractivity contribution is 7.90. The van der Waals surface area contributed by atoms with Crippen molar-refractivity contribution in [3.63, 3.8) is 0 Å². The van der Waals surface area contributed by atoms with Crippen molar-refractivity contribution in [3.05, 3.63) is 87.7 Å². The van der Waals surface area contributed by atoms with Crippen LogP contribution >= 0.6 is 11.6 Å². The average Bonchev–Trinajstić information content (AvgIpc) is 3.68. The molecule has 2 aromatic heterocycles. The number of aromatic amines is 1. The summed E-state index contributed by atoms with van der Waals surface area (Å²) in [7, 11) is -4.54. The van der Waals surface area contributed by atoms with Crippen LogP contribution in [-0.4, -0.2) is 92.0 Å². The zero-order valence-corrected chi connectivity index (χ0v) is 35.1. The van der Waals surface area contributed by atoms with Gasteiger partial charge in [-0.1, -0.05) is 25.0 Å². The van der Waals surface area contributed by atoms with E-state index in [1.807, 2.05) is 6.07 Å². The SMILES string of the molecule is CC1(C)CCC(CN2CCN(c3ccc(C(=O)NS(=O)(=O)c4ccc(NCC5CCOCC5)c([N+](=O)[O-])c4)c(Oc4cnc5[nH]ccc5c4)c3)CC2)=C(C2CC(Cl)C2)C1. The predicted octanol–water partition coefficient (Wildman–Crippen LogP) is 7.87. The van der Waals surface area contributed by atoms with Crippen molar-refractivity contribution < 1.29 is 27.6 Å². The number of nitro benzene ring substituents is 1. The van der Waals surface area contributed by atoms with E-state index >= 15 is 0 Å². The number of aromatic nitrogens is 2. The molecule has 1 saturated carbocycles. The van der Waals surface area contributed by atoms with Crippen molar-refractivity contribution in [1.29, 1.82) is 0 Å². The highest BCUT2D eigenvalue weighted by Crippen LogP contribution is 2.48. The minimum absolute atomic E-state index is 0.0238. The van der Waals surface area contributed by atoms with Gasteiger partial charge in [-0.3, -0.25) is 19.8 Å². The Morgan fingerprint density at radius 2 is 1.86 bits per heavy atom. The van der Waals surface area contributed by atoms with Gasteiger partial charge < -0.3 is 24.7 Å². The Labute approximate surface area is 349 Å². The van der Waals surface area contributed by atoms with Crippen LogP contribution in [-0.2, 0) is 14.8 Å². The van der Waals surface area contributed by atoms with E-state index in [2.05, 4.69) is 43.7 Å². The van der Waals surface area contributed by atoms with Crippen molar-refractivity contribution in [3.8, 4) is 11.5 Å². The molecule has 0 unspecified atom stereocenters. The molecule has 4 heterocycles. The third-order valence-electron chi connectivity index (χ3n) is 12.4. The lowest BCUT2D eigenvalue weighted by molar-refractivity contribution is -0.384. The quantitative estimate of drug-likeness (QED) is 0.0518. The first-order valence-corrected chi connectivity index (χ1v) is 22.5. The third kappa shape index (κ3) is 9.53. The van der Waals surface area contributed by atoms with E-state index in [-0.39, 0.29) is 22.9 Å². The number of anilines is 2. The minimum atomic E-state index is -4.54. The molecular formula is C43H52ClN7O7S. The Morgan fingerprint density at radius 3 is 2.61 bits per heavy atom. The highest BCUT2D eigenvalue weighted by atomic mass is 35.5. The third-order valence-corrected chi connectivity index (χ3v) is 14.1. The van der Waals surface area contributed by atoms with E-state index in [9.17, 15) is 23.3 Å². The maximum Gasteiger partial charge on any atom is 0.293 e. The molecule has 3 N–H and O–H groups in total. The Bertz CT molecular complexity index is 2350. The predicted molar refractivity (Wildman–Crippen MR) is 228 cm³/mol. The van der Waals surface area contributed by atoms with Crippen LogP contribution in [0.15, 0.2) is 77.0 Å². The number of hydrogen-bond donors (Lipinski definition) is 3. The summed E-state index contributed by atoms with van der Waals surface area (Å²) in [6.45, 7) is 10.7. The molecule has 2 saturated heterocycles. The number of rotatable bonds is 13. The van der Waals surface area contributed by atoms with Crippen LogP contribution in [0.3, 0.4) is 0 Å². The van der Waals surface area contributed by atoms with E-state index in [0.29, 0.717) is 47.9 Å². The number of nitrogens with one attached hydrogen (secondary N) is 3. The number of piperazine rings is 1. The standard InChI is InChI=1S/C43H52ClN7O7S/c1-43(2)11-7-30(37(24-43)31-19-32(44)20-31)27-49-13-15-50(16-14-49)33-3-5-36(40(22-33)58-34-21-29-8-12-45-41(29)47-26-34)42(52)48-59(55,56)35-4-6-38(39(23-35)51(53)54)46-25-28-9-17-57-18-10-28/h3-6,8,12,21-23,26,28,31-32,46H,7,9-11,13-20,24-25,27H2,1-2H3,(H,45,47)(H,48,52). The molecule has 2 aliphatic carbocycles. The molecule has 4 aromatic rings. The first-order chi connectivity index (χ1) is 28.3. The number of halogens is 1. The van der Waals surface area contributed by atoms with Gasteiger partial charge in [-0.15, -0.1) is 11.6 Å². The van der Waals surface area contributed by atoms with Crippen molar-refractivity contribution in [1.82, 2.24) is 19.6 Å². The lowest BCUT2D eigenvalue weighted by atomic mass is 9.66. The molecule has 3 fully saturated rings. The van der Waals surface area contributed by atoms with Gasteiger partial charge in [0.2, 0.25) is 0 Å². The molecule has 16 heteroatoms. The fraction of sp³-hybridized carbons (Fsp3) is 0.488. The number of benzene rings is 2. The monoisotopic (exact) mass is 845 g/mol. The van der Waals surface area contributed by atoms with Gasteiger partial charge in [0.05, 0.1) is 21.6 Å². The molecule has 0 spiro atoms. The van der Waals surface area contributed by atoms with Crippen molar-refractivity contribution in [2.45, 2.75) is 69.1 Å². The van der Waals surface area contributed by atoms with Crippen LogP contribution in [0.2, 0.25) is 0 Å². The first-order valence-electron chi connectivity index (χ1n) is 20.5. The summed E-state index contributed by atoms with van der Waals surface area (Å²) in [4.78, 5) is 37.1. The number of amides is 1. The topological polar surface area (TPSA) is 172 Å². The number of nitrogens with zero attached hydrogens (tertiary/aromatic N) is 4. The summed E-state index contributed by atoms with van der Waals surface area (Å²) >= 11 is 6.43.